The zero-order valence-electron chi connectivity index (χ0n) is 51.2. The number of fused-ring (bicyclic) bond motifs is 2. The number of nitrogens with one attached hydrogen (secondary N) is 5. The minimum Gasteiger partial charge on any atom is -0.482 e. The highest BCUT2D eigenvalue weighted by Crippen LogP contribution is 2.36. The number of hydrogen-bond donors (Lipinski definition) is 5. The maximum Gasteiger partial charge on any atom is 0.407 e. The zero-order chi connectivity index (χ0) is 62.3. The van der Waals surface area contributed by atoms with E-state index < -0.39 is 11.7 Å². The number of likely N-dealkylation sites (tertiary alicyclic amines) is 2. The predicted molar refractivity (Wildman–Crippen MR) is 346 cm³/mol. The largest absolute Gasteiger partial charge is 0.482 e. The van der Waals surface area contributed by atoms with E-state index in [1.165, 1.54) is 5.56 Å². The van der Waals surface area contributed by atoms with Gasteiger partial charge in [-0.25, -0.2) is 9.59 Å². The van der Waals surface area contributed by atoms with Gasteiger partial charge in [0, 0.05) is 80.1 Å². The van der Waals surface area contributed by atoms with Gasteiger partial charge in [-0.3, -0.25) is 19.2 Å². The van der Waals surface area contributed by atoms with Crippen LogP contribution in [-0.2, 0) is 20.7 Å². The summed E-state index contributed by atoms with van der Waals surface area (Å²) in [4.78, 5) is 83.6. The summed E-state index contributed by atoms with van der Waals surface area (Å²) in [5, 5.41) is 15.8. The van der Waals surface area contributed by atoms with Gasteiger partial charge in [0.25, 0.3) is 23.6 Å². The molecule has 88 heavy (non-hydrogen) atoms. The van der Waals surface area contributed by atoms with Gasteiger partial charge in [-0.15, -0.1) is 0 Å². The zero-order valence-corrected chi connectivity index (χ0v) is 52.7. The van der Waals surface area contributed by atoms with E-state index in [1.807, 2.05) is 122 Å². The van der Waals surface area contributed by atoms with Crippen LogP contribution >= 0.6 is 23.2 Å². The van der Waals surface area contributed by atoms with Crippen LogP contribution in [0, 0.1) is 0 Å². The molecule has 4 aliphatic rings. The molecular weight excluding hydrogens is 1160 g/mol. The number of amides is 7. The predicted octanol–water partition coefficient (Wildman–Crippen LogP) is 10.8. The van der Waals surface area contributed by atoms with Crippen LogP contribution in [0.3, 0.4) is 0 Å². The second kappa shape index (κ2) is 33.8. The molecule has 0 bridgehead atoms. The summed E-state index contributed by atoms with van der Waals surface area (Å²) in [6.45, 7) is 14.9. The first kappa shape index (κ1) is 66.6. The Balaban J connectivity index is 0.000000229. The van der Waals surface area contributed by atoms with Crippen LogP contribution in [0.2, 0.25) is 10.0 Å². The van der Waals surface area contributed by atoms with E-state index in [1.54, 1.807) is 12.1 Å². The van der Waals surface area contributed by atoms with Crippen molar-refractivity contribution in [3.8, 4) is 11.5 Å². The molecule has 2 saturated heterocycles. The molecule has 20 heteroatoms. The third kappa shape index (κ3) is 20.6. The number of halogens is 2. The van der Waals surface area contributed by atoms with Crippen molar-refractivity contribution in [2.75, 3.05) is 108 Å². The van der Waals surface area contributed by atoms with E-state index in [2.05, 4.69) is 48.5 Å². The molecule has 0 saturated carbocycles. The number of benzene rings is 5. The van der Waals surface area contributed by atoms with E-state index in [0.717, 1.165) is 144 Å². The third-order valence-corrected chi connectivity index (χ3v) is 16.7. The van der Waals surface area contributed by atoms with Crippen LogP contribution in [-0.4, -0.2) is 149 Å². The SMILES string of the molecule is CC(C)(C)OC(=O)NCCCCCNC(=O)c1cc(Cl)ccc1C1CCN(CCN2C(=O)COc3ccccc32)CC1.O=C(NCCCCCNC(=O)c1cc(Cl)ccc1C1CCN(CCN2C(=O)COc3ccccc32)CC1)NCCc1ccccc1. The Morgan fingerprint density at radius 3 is 1.40 bits per heavy atom. The molecule has 18 nitrogen and oxygen atoms in total. The summed E-state index contributed by atoms with van der Waals surface area (Å²) in [6.07, 6.45) is 9.18. The molecule has 5 N–H and O–H groups in total. The number of nitrogens with zero attached hydrogens (tertiary/aromatic N) is 4. The molecule has 4 aliphatic heterocycles. The van der Waals surface area contributed by atoms with Gasteiger partial charge < -0.3 is 60.4 Å². The molecular formula is C68H87Cl2N9O9. The molecule has 0 unspecified atom stereocenters. The minimum atomic E-state index is -0.511. The summed E-state index contributed by atoms with van der Waals surface area (Å²) >= 11 is 12.6. The number of para-hydroxylation sites is 4. The fourth-order valence-electron chi connectivity index (χ4n) is 11.6. The van der Waals surface area contributed by atoms with Gasteiger partial charge in [0.05, 0.1) is 11.4 Å². The summed E-state index contributed by atoms with van der Waals surface area (Å²) in [6, 6.07) is 36.5. The average molecular weight is 1250 g/mol. The molecule has 9 rings (SSSR count). The van der Waals surface area contributed by atoms with Crippen LogP contribution in [0.4, 0.5) is 21.0 Å². The number of hydrogen-bond acceptors (Lipinski definition) is 11. The molecule has 472 valence electrons. The standard InChI is InChI=1S/C36H44ClN5O4.C32H43ClN4O5/c37-29-13-14-30(28-16-21-41(22-17-28)23-24-42-32-11-5-6-12-33(32)46-26-34(42)43)31(25-29)35(44)38-18-7-2-8-19-39-36(45)40-20-15-27-9-3-1-4-10-27;1-32(2,3)42-31(40)35-16-8-4-7-15-34-30(39)26-21-24(33)11-12-25(26)23-13-17-36(18-14-23)19-20-37-27-9-5-6-10-28(27)41-22-29(37)38/h1,3-6,9-14,25,28H,2,7-8,15-24,26H2,(H,38,44)(H2,39,40,45);5-6,9-12,21,23H,4,7-8,13-20,22H2,1-3H3,(H,34,39)(H,35,40). The fraction of sp³-hybridized carbons (Fsp3) is 0.471. The summed E-state index contributed by atoms with van der Waals surface area (Å²) in [7, 11) is 0. The van der Waals surface area contributed by atoms with Crippen LogP contribution < -0.4 is 45.9 Å². The van der Waals surface area contributed by atoms with Crippen molar-refractivity contribution in [3.63, 3.8) is 0 Å². The van der Waals surface area contributed by atoms with Crippen LogP contribution in [0.15, 0.2) is 115 Å². The van der Waals surface area contributed by atoms with Gasteiger partial charge >= 0.3 is 12.1 Å². The van der Waals surface area contributed by atoms with Gasteiger partial charge in [-0.05, 0) is 195 Å². The molecule has 2 fully saturated rings. The number of piperidine rings is 2. The summed E-state index contributed by atoms with van der Waals surface area (Å²) in [5.74, 6) is 1.80. The second-order valence-corrected chi connectivity index (χ2v) is 24.7. The Bertz CT molecular complexity index is 3110. The Morgan fingerprint density at radius 2 is 0.932 bits per heavy atom. The van der Waals surface area contributed by atoms with E-state index in [0.29, 0.717) is 67.0 Å². The number of urea groups is 1. The molecule has 0 spiro atoms. The fourth-order valence-corrected chi connectivity index (χ4v) is 11.9. The van der Waals surface area contributed by atoms with Crippen molar-refractivity contribution in [2.45, 2.75) is 109 Å². The van der Waals surface area contributed by atoms with Crippen molar-refractivity contribution < 1.29 is 43.0 Å². The van der Waals surface area contributed by atoms with Crippen LogP contribution in [0.1, 0.15) is 134 Å². The smallest absolute Gasteiger partial charge is 0.407 e. The molecule has 0 radical (unpaired) electrons. The van der Waals surface area contributed by atoms with Crippen molar-refractivity contribution in [1.82, 2.24) is 36.4 Å². The first-order valence-corrected chi connectivity index (χ1v) is 32.0. The molecule has 5 aromatic rings. The lowest BCUT2D eigenvalue weighted by atomic mass is 9.86. The lowest BCUT2D eigenvalue weighted by Gasteiger charge is -2.35. The quantitative estimate of drug-likeness (QED) is 0.0348. The highest BCUT2D eigenvalue weighted by atomic mass is 35.5. The van der Waals surface area contributed by atoms with Crippen molar-refractivity contribution in [2.24, 2.45) is 0 Å². The topological polar surface area (TPSA) is 203 Å². The highest BCUT2D eigenvalue weighted by Gasteiger charge is 2.31. The third-order valence-electron chi connectivity index (χ3n) is 16.2. The van der Waals surface area contributed by atoms with E-state index in [9.17, 15) is 28.8 Å². The Labute approximate surface area is 528 Å². The number of carbonyl (C=O) groups is 6. The second-order valence-electron chi connectivity index (χ2n) is 23.8. The van der Waals surface area contributed by atoms with Crippen molar-refractivity contribution in [1.29, 1.82) is 0 Å². The number of carbonyl (C=O) groups excluding carboxylic acids is 6. The van der Waals surface area contributed by atoms with Gasteiger partial charge in [-0.2, -0.15) is 0 Å². The van der Waals surface area contributed by atoms with E-state index >= 15 is 0 Å². The van der Waals surface area contributed by atoms with Gasteiger partial charge in [-0.1, -0.05) is 89.9 Å². The van der Waals surface area contributed by atoms with E-state index in [-0.39, 0.29) is 54.7 Å². The number of ether oxygens (including phenoxy) is 3. The maximum absolute atomic E-state index is 13.2. The number of unbranched alkanes of at least 4 members (excludes halogenated alkanes) is 4. The molecule has 0 atom stereocenters. The normalized spacial score (nSPS) is 15.6. The van der Waals surface area contributed by atoms with Gasteiger partial charge in [0.15, 0.2) is 13.2 Å². The molecule has 4 heterocycles. The Hall–Kier alpha value is -7.38. The molecule has 7 amide bonds. The average Bonchev–Trinajstić information content (AvgIpc) is 2.74. The van der Waals surface area contributed by atoms with Crippen LogP contribution in [0.25, 0.3) is 0 Å². The Morgan fingerprint density at radius 1 is 0.511 bits per heavy atom. The number of anilines is 2. The Kier molecular flexibility index (Phi) is 25.6. The number of rotatable bonds is 25. The van der Waals surface area contributed by atoms with Crippen molar-refractivity contribution >= 4 is 70.3 Å². The lowest BCUT2D eigenvalue weighted by molar-refractivity contribution is -0.122. The number of alkyl carbamates (subject to hydrolysis) is 1. The van der Waals surface area contributed by atoms with Crippen molar-refractivity contribution in [3.05, 3.63) is 153 Å². The lowest BCUT2D eigenvalue weighted by Crippen LogP contribution is -2.45. The van der Waals surface area contributed by atoms with Gasteiger partial charge in [0.2, 0.25) is 0 Å². The molecule has 0 aromatic heterocycles. The molecule has 0 aliphatic carbocycles. The first-order chi connectivity index (χ1) is 42.6. The van der Waals surface area contributed by atoms with E-state index in [4.69, 9.17) is 37.4 Å². The monoisotopic (exact) mass is 1240 g/mol. The van der Waals surface area contributed by atoms with Gasteiger partial charge in [0.1, 0.15) is 17.1 Å². The first-order valence-electron chi connectivity index (χ1n) is 31.3. The summed E-state index contributed by atoms with van der Waals surface area (Å²) in [5.41, 5.74) is 5.72. The highest BCUT2D eigenvalue weighted by molar-refractivity contribution is 6.31. The maximum atomic E-state index is 13.2. The summed E-state index contributed by atoms with van der Waals surface area (Å²) < 4.78 is 16.4. The molecule has 5 aromatic carbocycles. The minimum absolute atomic E-state index is 0.0142. The van der Waals surface area contributed by atoms with Crippen LogP contribution in [0.5, 0.6) is 11.5 Å².